The van der Waals surface area contributed by atoms with E-state index in [1.807, 2.05) is 36.4 Å². The summed E-state index contributed by atoms with van der Waals surface area (Å²) in [5, 5.41) is 7.41. The monoisotopic (exact) mass is 438 g/mol. The van der Waals surface area contributed by atoms with E-state index < -0.39 is 6.04 Å². The largest absolute Gasteiger partial charge is 0.351 e. The average molecular weight is 439 g/mol. The highest BCUT2D eigenvalue weighted by Crippen LogP contribution is 2.21. The standard InChI is InChI=1S/C23H23ClN4O3/c24-17-6-7-19-16(13-17)14-20(25-19)22(29)26-21(12-15-4-2-1-3-5-15)23(30)28-10-8-18(27-31)9-11-28/h1-7,13-14,18,21,25H,8-12H2,(H,26,29)/t21-/m0/s1. The highest BCUT2D eigenvalue weighted by Gasteiger charge is 2.30. The minimum absolute atomic E-state index is 0.152. The molecular weight excluding hydrogens is 416 g/mol. The van der Waals surface area contributed by atoms with Gasteiger partial charge in [-0.2, -0.15) is 4.91 Å². The lowest BCUT2D eigenvalue weighted by Crippen LogP contribution is -2.52. The van der Waals surface area contributed by atoms with E-state index >= 15 is 0 Å². The van der Waals surface area contributed by atoms with Gasteiger partial charge < -0.3 is 15.2 Å². The van der Waals surface area contributed by atoms with Crippen LogP contribution in [0, 0.1) is 4.91 Å². The third-order valence-electron chi connectivity index (χ3n) is 5.64. The number of nitroso groups, excluding NO2 is 1. The summed E-state index contributed by atoms with van der Waals surface area (Å²) in [6, 6.07) is 15.7. The lowest BCUT2D eigenvalue weighted by Gasteiger charge is -2.32. The highest BCUT2D eigenvalue weighted by molar-refractivity contribution is 6.31. The summed E-state index contributed by atoms with van der Waals surface area (Å²) in [6.07, 6.45) is 1.47. The molecule has 2 N–H and O–H groups in total. The number of likely N-dealkylation sites (tertiary alicyclic amines) is 1. The number of H-pyrrole nitrogens is 1. The molecule has 0 aliphatic carbocycles. The minimum Gasteiger partial charge on any atom is -0.351 e. The van der Waals surface area contributed by atoms with Crippen LogP contribution in [0.5, 0.6) is 0 Å². The first-order chi connectivity index (χ1) is 15.0. The number of nitrogens with zero attached hydrogens (tertiary/aromatic N) is 2. The Bertz CT molecular complexity index is 1090. The molecule has 4 rings (SSSR count). The second kappa shape index (κ2) is 9.31. The van der Waals surface area contributed by atoms with Gasteiger partial charge in [-0.25, -0.2) is 0 Å². The number of aromatic nitrogens is 1. The Labute approximate surface area is 184 Å². The molecule has 1 aliphatic heterocycles. The molecule has 1 aliphatic rings. The lowest BCUT2D eigenvalue weighted by molar-refractivity contribution is -0.134. The smallest absolute Gasteiger partial charge is 0.268 e. The molecule has 0 spiro atoms. The molecule has 0 unspecified atom stereocenters. The van der Waals surface area contributed by atoms with Gasteiger partial charge in [0.1, 0.15) is 11.7 Å². The fraction of sp³-hybridized carbons (Fsp3) is 0.304. The first-order valence-electron chi connectivity index (χ1n) is 10.3. The number of carbonyl (C=O) groups excluding carboxylic acids is 2. The van der Waals surface area contributed by atoms with E-state index in [2.05, 4.69) is 15.5 Å². The number of carbonyl (C=O) groups is 2. The van der Waals surface area contributed by atoms with E-state index in [0.29, 0.717) is 43.1 Å². The molecule has 8 heteroatoms. The quantitative estimate of drug-likeness (QED) is 0.571. The van der Waals surface area contributed by atoms with Crippen LogP contribution in [0.15, 0.2) is 59.8 Å². The molecule has 1 saturated heterocycles. The molecule has 1 atom stereocenters. The first kappa shape index (κ1) is 21.1. The molecule has 0 radical (unpaired) electrons. The SMILES string of the molecule is O=NC1CCN(C(=O)[C@H](Cc2ccccc2)NC(=O)c2cc3cc(Cl)ccc3[nH]2)CC1. The van der Waals surface area contributed by atoms with E-state index in [0.717, 1.165) is 16.5 Å². The molecule has 0 bridgehead atoms. The number of halogens is 1. The van der Waals surface area contributed by atoms with Crippen molar-refractivity contribution in [1.82, 2.24) is 15.2 Å². The normalized spacial score (nSPS) is 15.6. The topological polar surface area (TPSA) is 94.6 Å². The van der Waals surface area contributed by atoms with Crippen molar-refractivity contribution < 1.29 is 9.59 Å². The number of benzene rings is 2. The number of piperidine rings is 1. The molecule has 2 amide bonds. The summed E-state index contributed by atoms with van der Waals surface area (Å²) >= 11 is 6.04. The Morgan fingerprint density at radius 3 is 2.58 bits per heavy atom. The van der Waals surface area contributed by atoms with Crippen molar-refractivity contribution in [2.24, 2.45) is 5.18 Å². The zero-order valence-electron chi connectivity index (χ0n) is 16.9. The van der Waals surface area contributed by atoms with E-state index in [4.69, 9.17) is 11.6 Å². The number of aromatic amines is 1. The predicted molar refractivity (Wildman–Crippen MR) is 120 cm³/mol. The van der Waals surface area contributed by atoms with Crippen LogP contribution in [-0.2, 0) is 11.2 Å². The van der Waals surface area contributed by atoms with Gasteiger partial charge in [0.25, 0.3) is 5.91 Å². The summed E-state index contributed by atoms with van der Waals surface area (Å²) in [7, 11) is 0. The second-order valence-electron chi connectivity index (χ2n) is 7.79. The van der Waals surface area contributed by atoms with Crippen molar-refractivity contribution in [2.45, 2.75) is 31.3 Å². The van der Waals surface area contributed by atoms with Gasteiger partial charge in [0.15, 0.2) is 0 Å². The van der Waals surface area contributed by atoms with Gasteiger partial charge in [0, 0.05) is 35.4 Å². The van der Waals surface area contributed by atoms with E-state index in [9.17, 15) is 14.5 Å². The minimum atomic E-state index is -0.717. The third-order valence-corrected chi connectivity index (χ3v) is 5.87. The van der Waals surface area contributed by atoms with Gasteiger partial charge in [0.2, 0.25) is 5.91 Å². The molecule has 0 saturated carbocycles. The van der Waals surface area contributed by atoms with Crippen LogP contribution in [0.4, 0.5) is 0 Å². The second-order valence-corrected chi connectivity index (χ2v) is 8.23. The number of amides is 2. The predicted octanol–water partition coefficient (Wildman–Crippen LogP) is 3.92. The van der Waals surface area contributed by atoms with Gasteiger partial charge >= 0.3 is 0 Å². The maximum Gasteiger partial charge on any atom is 0.268 e. The van der Waals surface area contributed by atoms with Gasteiger partial charge in [-0.05, 0) is 42.7 Å². The maximum atomic E-state index is 13.3. The lowest BCUT2D eigenvalue weighted by atomic mass is 10.0. The van der Waals surface area contributed by atoms with E-state index in [-0.39, 0.29) is 17.9 Å². The Balaban J connectivity index is 1.53. The van der Waals surface area contributed by atoms with Crippen LogP contribution in [0.2, 0.25) is 5.02 Å². The summed E-state index contributed by atoms with van der Waals surface area (Å²) < 4.78 is 0. The van der Waals surface area contributed by atoms with Crippen LogP contribution >= 0.6 is 11.6 Å². The maximum absolute atomic E-state index is 13.3. The molecule has 1 fully saturated rings. The molecule has 7 nitrogen and oxygen atoms in total. The number of hydrogen-bond donors (Lipinski definition) is 2. The van der Waals surface area contributed by atoms with Gasteiger partial charge in [-0.3, -0.25) is 9.59 Å². The van der Waals surface area contributed by atoms with E-state index in [1.54, 1.807) is 23.1 Å². The van der Waals surface area contributed by atoms with Crippen molar-refractivity contribution >= 4 is 34.3 Å². The Hall–Kier alpha value is -3.19. The molecular formula is C23H23ClN4O3. The van der Waals surface area contributed by atoms with Crippen molar-refractivity contribution in [1.29, 1.82) is 0 Å². The first-order valence-corrected chi connectivity index (χ1v) is 10.7. The van der Waals surface area contributed by atoms with Crippen molar-refractivity contribution in [3.63, 3.8) is 0 Å². The number of hydrogen-bond acceptors (Lipinski definition) is 4. The van der Waals surface area contributed by atoms with Crippen molar-refractivity contribution in [2.75, 3.05) is 13.1 Å². The molecule has 31 heavy (non-hydrogen) atoms. The number of rotatable bonds is 6. The van der Waals surface area contributed by atoms with Crippen molar-refractivity contribution in [3.8, 4) is 0 Å². The Morgan fingerprint density at radius 2 is 1.87 bits per heavy atom. The van der Waals surface area contributed by atoms with Crippen LogP contribution in [0.3, 0.4) is 0 Å². The average Bonchev–Trinajstić information content (AvgIpc) is 3.22. The van der Waals surface area contributed by atoms with Gasteiger partial charge in [-0.1, -0.05) is 47.1 Å². The zero-order valence-corrected chi connectivity index (χ0v) is 17.6. The molecule has 2 aromatic carbocycles. The fourth-order valence-corrected chi connectivity index (χ4v) is 4.10. The number of fused-ring (bicyclic) bond motifs is 1. The summed E-state index contributed by atoms with van der Waals surface area (Å²) in [4.78, 5) is 41.8. The van der Waals surface area contributed by atoms with Crippen LogP contribution in [-0.4, -0.2) is 46.9 Å². The van der Waals surface area contributed by atoms with Crippen LogP contribution in [0.1, 0.15) is 28.9 Å². The Morgan fingerprint density at radius 1 is 1.13 bits per heavy atom. The number of nitrogens with one attached hydrogen (secondary N) is 2. The Kier molecular flexibility index (Phi) is 6.32. The summed E-state index contributed by atoms with van der Waals surface area (Å²) in [5.74, 6) is -0.508. The van der Waals surface area contributed by atoms with Crippen molar-refractivity contribution in [3.05, 3.63) is 75.8 Å². The third kappa shape index (κ3) is 4.94. The van der Waals surface area contributed by atoms with Gasteiger partial charge in [-0.15, -0.1) is 0 Å². The zero-order chi connectivity index (χ0) is 21.8. The summed E-state index contributed by atoms with van der Waals surface area (Å²) in [5.41, 5.74) is 2.12. The van der Waals surface area contributed by atoms with Crippen LogP contribution in [0.25, 0.3) is 10.9 Å². The molecule has 160 valence electrons. The molecule has 3 aromatic rings. The molecule has 1 aromatic heterocycles. The fourth-order valence-electron chi connectivity index (χ4n) is 3.92. The molecule has 2 heterocycles. The highest BCUT2D eigenvalue weighted by atomic mass is 35.5. The summed E-state index contributed by atoms with van der Waals surface area (Å²) in [6.45, 7) is 0.919. The van der Waals surface area contributed by atoms with Crippen LogP contribution < -0.4 is 5.32 Å². The van der Waals surface area contributed by atoms with Gasteiger partial charge in [0.05, 0.1) is 6.04 Å². The van der Waals surface area contributed by atoms with E-state index in [1.165, 1.54) is 0 Å².